The molecule has 0 aliphatic carbocycles. The summed E-state index contributed by atoms with van der Waals surface area (Å²) in [4.78, 5) is 28.6. The van der Waals surface area contributed by atoms with Crippen LogP contribution in [0.2, 0.25) is 5.02 Å². The van der Waals surface area contributed by atoms with E-state index in [1.807, 2.05) is 0 Å². The Morgan fingerprint density at radius 2 is 1.75 bits per heavy atom. The van der Waals surface area contributed by atoms with Crippen LogP contribution in [0.15, 0.2) is 71.1 Å². The summed E-state index contributed by atoms with van der Waals surface area (Å²) in [5, 5.41) is 3.10. The van der Waals surface area contributed by atoms with Gasteiger partial charge in [0.25, 0.3) is 11.8 Å². The third kappa shape index (κ3) is 5.63. The second-order valence-corrected chi connectivity index (χ2v) is 9.81. The highest BCUT2D eigenvalue weighted by molar-refractivity contribution is 7.21. The maximum Gasteiger partial charge on any atom is 0.433 e. The minimum absolute atomic E-state index is 0.0122. The summed E-state index contributed by atoms with van der Waals surface area (Å²) in [6, 6.07) is 14.9. The molecule has 0 saturated heterocycles. The Bertz CT molecular complexity index is 1730. The van der Waals surface area contributed by atoms with E-state index in [-0.39, 0.29) is 44.3 Å². The number of benzene rings is 2. The standard InChI is InChI=1S/C27H16ClF4N3O4S/c28-14-3-7-16(8-4-14)38-12-17-9-10-19(39-17)25(37)35-22-21-18(13-1-5-15(29)6-2-13)11-20(27(30,31)32)34-26(21)40-23(22)24(33)36/h1-11H,12H2,(H2,33,36)(H,35,37). The van der Waals surface area contributed by atoms with Gasteiger partial charge in [-0.05, 0) is 65.7 Å². The first kappa shape index (κ1) is 27.2. The summed E-state index contributed by atoms with van der Waals surface area (Å²) < 4.78 is 65.7. The number of carbonyl (C=O) groups is 2. The molecule has 204 valence electrons. The number of anilines is 1. The highest BCUT2D eigenvalue weighted by atomic mass is 35.5. The van der Waals surface area contributed by atoms with Gasteiger partial charge >= 0.3 is 6.18 Å². The lowest BCUT2D eigenvalue weighted by Crippen LogP contribution is -2.16. The van der Waals surface area contributed by atoms with E-state index in [0.29, 0.717) is 27.9 Å². The van der Waals surface area contributed by atoms with Crippen LogP contribution < -0.4 is 15.8 Å². The predicted molar refractivity (Wildman–Crippen MR) is 141 cm³/mol. The second kappa shape index (κ2) is 10.6. The first-order valence-electron chi connectivity index (χ1n) is 11.4. The first-order valence-corrected chi connectivity index (χ1v) is 12.6. The van der Waals surface area contributed by atoms with Crippen LogP contribution in [0.4, 0.5) is 23.2 Å². The molecule has 0 aliphatic rings. The van der Waals surface area contributed by atoms with Gasteiger partial charge in [-0.3, -0.25) is 9.59 Å². The lowest BCUT2D eigenvalue weighted by atomic mass is 10.0. The van der Waals surface area contributed by atoms with Crippen LogP contribution in [0.5, 0.6) is 5.75 Å². The summed E-state index contributed by atoms with van der Waals surface area (Å²) in [6.45, 7) is -0.0122. The fourth-order valence-electron chi connectivity index (χ4n) is 3.83. The van der Waals surface area contributed by atoms with Crippen LogP contribution in [0, 0.1) is 5.82 Å². The van der Waals surface area contributed by atoms with Crippen molar-refractivity contribution in [2.24, 2.45) is 5.73 Å². The number of aromatic nitrogens is 1. The number of thiophene rings is 1. The van der Waals surface area contributed by atoms with Crippen LogP contribution in [0.25, 0.3) is 21.3 Å². The number of hydrogen-bond donors (Lipinski definition) is 2. The van der Waals surface area contributed by atoms with Gasteiger partial charge in [0.1, 0.15) is 39.3 Å². The Balaban J connectivity index is 1.51. The van der Waals surface area contributed by atoms with Gasteiger partial charge in [0.2, 0.25) is 0 Å². The number of ether oxygens (including phenoxy) is 1. The number of halogens is 5. The van der Waals surface area contributed by atoms with Crippen molar-refractivity contribution in [1.29, 1.82) is 0 Å². The van der Waals surface area contributed by atoms with E-state index < -0.39 is 29.5 Å². The number of nitrogens with two attached hydrogens (primary N) is 1. The number of nitrogens with one attached hydrogen (secondary N) is 1. The van der Waals surface area contributed by atoms with E-state index >= 15 is 0 Å². The molecule has 3 N–H and O–H groups in total. The molecule has 0 atom stereocenters. The van der Waals surface area contributed by atoms with Crippen LogP contribution in [-0.2, 0) is 12.8 Å². The Kier molecular flexibility index (Phi) is 7.21. The zero-order chi connectivity index (χ0) is 28.6. The predicted octanol–water partition coefficient (Wildman–Crippen LogP) is 7.30. The van der Waals surface area contributed by atoms with Crippen LogP contribution >= 0.6 is 22.9 Å². The molecule has 0 saturated carbocycles. The summed E-state index contributed by atoms with van der Waals surface area (Å²) in [5.41, 5.74) is 4.29. The second-order valence-electron chi connectivity index (χ2n) is 8.37. The number of carbonyl (C=O) groups excluding carboxylic acids is 2. The van der Waals surface area contributed by atoms with Crippen molar-refractivity contribution in [3.63, 3.8) is 0 Å². The lowest BCUT2D eigenvalue weighted by molar-refractivity contribution is -0.140. The Morgan fingerprint density at radius 3 is 2.40 bits per heavy atom. The van der Waals surface area contributed by atoms with Crippen LogP contribution in [-0.4, -0.2) is 16.8 Å². The molecule has 7 nitrogen and oxygen atoms in total. The van der Waals surface area contributed by atoms with Gasteiger partial charge in [0, 0.05) is 10.4 Å². The quantitative estimate of drug-likeness (QED) is 0.194. The molecule has 0 unspecified atom stereocenters. The van der Waals surface area contributed by atoms with E-state index in [0.717, 1.165) is 18.2 Å². The van der Waals surface area contributed by atoms with Gasteiger partial charge in [0.15, 0.2) is 5.76 Å². The van der Waals surface area contributed by atoms with Crippen molar-refractivity contribution < 1.29 is 36.3 Å². The van der Waals surface area contributed by atoms with E-state index in [4.69, 9.17) is 26.5 Å². The molecule has 0 aliphatic heterocycles. The minimum Gasteiger partial charge on any atom is -0.486 e. The average Bonchev–Trinajstić information content (AvgIpc) is 3.53. The molecule has 3 heterocycles. The monoisotopic (exact) mass is 589 g/mol. The molecule has 13 heteroatoms. The summed E-state index contributed by atoms with van der Waals surface area (Å²) >= 11 is 6.44. The fourth-order valence-corrected chi connectivity index (χ4v) is 4.96. The Labute approximate surface area is 232 Å². The molecule has 5 rings (SSSR count). The molecule has 0 spiro atoms. The maximum absolute atomic E-state index is 13.7. The van der Waals surface area contributed by atoms with Gasteiger partial charge in [-0.2, -0.15) is 13.2 Å². The van der Waals surface area contributed by atoms with E-state index in [1.165, 1.54) is 24.3 Å². The summed E-state index contributed by atoms with van der Waals surface area (Å²) in [7, 11) is 0. The normalized spacial score (nSPS) is 11.5. The summed E-state index contributed by atoms with van der Waals surface area (Å²) in [6.07, 6.45) is -4.82. The minimum atomic E-state index is -4.82. The first-order chi connectivity index (χ1) is 19.0. The average molecular weight is 590 g/mol. The molecule has 5 aromatic rings. The number of nitrogens with zero attached hydrogens (tertiary/aromatic N) is 1. The van der Waals surface area contributed by atoms with Gasteiger partial charge in [0.05, 0.1) is 5.69 Å². The SMILES string of the molecule is NC(=O)c1sc2nc(C(F)(F)F)cc(-c3ccc(F)cc3)c2c1NC(=O)c1ccc(COc2ccc(Cl)cc2)o1. The molecular weight excluding hydrogens is 574 g/mol. The molecule has 40 heavy (non-hydrogen) atoms. The van der Waals surface area contributed by atoms with E-state index in [2.05, 4.69) is 10.3 Å². The van der Waals surface area contributed by atoms with Crippen molar-refractivity contribution in [2.75, 3.05) is 5.32 Å². The van der Waals surface area contributed by atoms with Crippen molar-refractivity contribution in [3.8, 4) is 16.9 Å². The van der Waals surface area contributed by atoms with Gasteiger partial charge in [-0.25, -0.2) is 9.37 Å². The number of rotatable bonds is 7. The van der Waals surface area contributed by atoms with E-state index in [9.17, 15) is 27.2 Å². The third-order valence-electron chi connectivity index (χ3n) is 5.65. The Morgan fingerprint density at radius 1 is 1.05 bits per heavy atom. The topological polar surface area (TPSA) is 107 Å². The number of fused-ring (bicyclic) bond motifs is 1. The zero-order valence-corrected chi connectivity index (χ0v) is 21.6. The van der Waals surface area contributed by atoms with Gasteiger partial charge < -0.3 is 20.2 Å². The van der Waals surface area contributed by atoms with Crippen LogP contribution in [0.3, 0.4) is 0 Å². The third-order valence-corrected chi connectivity index (χ3v) is 7.00. The van der Waals surface area contributed by atoms with E-state index in [1.54, 1.807) is 24.3 Å². The van der Waals surface area contributed by atoms with Crippen molar-refractivity contribution in [2.45, 2.75) is 12.8 Å². The van der Waals surface area contributed by atoms with Crippen molar-refractivity contribution in [1.82, 2.24) is 4.98 Å². The highest BCUT2D eigenvalue weighted by Crippen LogP contribution is 2.43. The lowest BCUT2D eigenvalue weighted by Gasteiger charge is -2.12. The molecule has 0 bridgehead atoms. The number of hydrogen-bond acceptors (Lipinski definition) is 6. The molecule has 0 fully saturated rings. The highest BCUT2D eigenvalue weighted by Gasteiger charge is 2.35. The zero-order valence-electron chi connectivity index (χ0n) is 20.0. The Hall–Kier alpha value is -4.42. The number of alkyl halides is 3. The largest absolute Gasteiger partial charge is 0.486 e. The molecule has 0 radical (unpaired) electrons. The number of amides is 2. The molecule has 2 amide bonds. The molecule has 3 aromatic heterocycles. The fraction of sp³-hybridized carbons (Fsp3) is 0.0741. The van der Waals surface area contributed by atoms with Gasteiger partial charge in [-0.1, -0.05) is 23.7 Å². The molecule has 2 aromatic carbocycles. The van der Waals surface area contributed by atoms with Gasteiger partial charge in [-0.15, -0.1) is 11.3 Å². The molecular formula is C27H16ClF4N3O4S. The van der Waals surface area contributed by atoms with Crippen LogP contribution in [0.1, 0.15) is 31.7 Å². The smallest absolute Gasteiger partial charge is 0.433 e. The number of furan rings is 1. The van der Waals surface area contributed by atoms with Crippen molar-refractivity contribution >= 4 is 50.7 Å². The number of pyridine rings is 1. The van der Waals surface area contributed by atoms with Crippen molar-refractivity contribution in [3.05, 3.63) is 99.7 Å². The maximum atomic E-state index is 13.7. The summed E-state index contributed by atoms with van der Waals surface area (Å²) in [5.74, 6) is -1.74. The number of primary amides is 1.